The average Bonchev–Trinajstić information content (AvgIpc) is 2.64. The first-order valence-electron chi connectivity index (χ1n) is 8.15. The molecule has 0 amide bonds. The second-order valence-corrected chi connectivity index (χ2v) is 5.77. The lowest BCUT2D eigenvalue weighted by atomic mass is 9.94. The predicted molar refractivity (Wildman–Crippen MR) is 100 cm³/mol. The van der Waals surface area contributed by atoms with Gasteiger partial charge in [-0.1, -0.05) is 91.0 Å². The van der Waals surface area contributed by atoms with Gasteiger partial charge in [-0.15, -0.1) is 0 Å². The first-order valence-corrected chi connectivity index (χ1v) is 8.15. The van der Waals surface area contributed by atoms with Crippen LogP contribution in [0.25, 0.3) is 5.57 Å². The SMILES string of the molecule is CC(=O)c1ccccc1CC=C(c1ccccc1)c1ccccc1. The van der Waals surface area contributed by atoms with Gasteiger partial charge in [0.05, 0.1) is 0 Å². The summed E-state index contributed by atoms with van der Waals surface area (Å²) in [6, 6.07) is 28.6. The monoisotopic (exact) mass is 312 g/mol. The predicted octanol–water partition coefficient (Wildman–Crippen LogP) is 5.56. The maximum absolute atomic E-state index is 11.8. The highest BCUT2D eigenvalue weighted by molar-refractivity contribution is 5.95. The van der Waals surface area contributed by atoms with Gasteiger partial charge in [0.2, 0.25) is 0 Å². The molecule has 0 saturated heterocycles. The molecule has 0 N–H and O–H groups in total. The van der Waals surface area contributed by atoms with Crippen molar-refractivity contribution >= 4 is 11.4 Å². The minimum atomic E-state index is 0.111. The summed E-state index contributed by atoms with van der Waals surface area (Å²) in [6.07, 6.45) is 2.95. The van der Waals surface area contributed by atoms with Gasteiger partial charge in [-0.05, 0) is 35.6 Å². The normalized spacial score (nSPS) is 10.2. The summed E-state index contributed by atoms with van der Waals surface area (Å²) >= 11 is 0. The highest BCUT2D eigenvalue weighted by atomic mass is 16.1. The van der Waals surface area contributed by atoms with Crippen molar-refractivity contribution in [1.82, 2.24) is 0 Å². The van der Waals surface area contributed by atoms with Gasteiger partial charge in [0.15, 0.2) is 5.78 Å². The molecular formula is C23H20O. The van der Waals surface area contributed by atoms with Crippen molar-refractivity contribution < 1.29 is 4.79 Å². The molecule has 24 heavy (non-hydrogen) atoms. The van der Waals surface area contributed by atoms with Crippen LogP contribution in [0.15, 0.2) is 91.0 Å². The van der Waals surface area contributed by atoms with Crippen LogP contribution in [0.2, 0.25) is 0 Å². The quantitative estimate of drug-likeness (QED) is 0.563. The first-order chi connectivity index (χ1) is 11.8. The Balaban J connectivity index is 2.01. The third kappa shape index (κ3) is 3.69. The summed E-state index contributed by atoms with van der Waals surface area (Å²) in [4.78, 5) is 11.8. The van der Waals surface area contributed by atoms with Crippen molar-refractivity contribution in [3.8, 4) is 0 Å². The van der Waals surface area contributed by atoms with Crippen LogP contribution in [0.1, 0.15) is 34.0 Å². The highest BCUT2D eigenvalue weighted by Crippen LogP contribution is 2.24. The summed E-state index contributed by atoms with van der Waals surface area (Å²) < 4.78 is 0. The Morgan fingerprint density at radius 3 is 1.79 bits per heavy atom. The van der Waals surface area contributed by atoms with Crippen molar-refractivity contribution in [1.29, 1.82) is 0 Å². The molecule has 0 spiro atoms. The van der Waals surface area contributed by atoms with Crippen LogP contribution in [0.4, 0.5) is 0 Å². The molecule has 0 aliphatic rings. The smallest absolute Gasteiger partial charge is 0.160 e. The summed E-state index contributed by atoms with van der Waals surface area (Å²) in [7, 11) is 0. The van der Waals surface area contributed by atoms with Gasteiger partial charge < -0.3 is 0 Å². The molecule has 0 bridgehead atoms. The Morgan fingerprint density at radius 2 is 1.25 bits per heavy atom. The van der Waals surface area contributed by atoms with Crippen LogP contribution in [0.3, 0.4) is 0 Å². The second-order valence-electron chi connectivity index (χ2n) is 5.77. The minimum Gasteiger partial charge on any atom is -0.295 e. The number of hydrogen-bond donors (Lipinski definition) is 0. The third-order valence-corrected chi connectivity index (χ3v) is 4.09. The molecule has 1 heteroatoms. The molecule has 0 unspecified atom stereocenters. The molecular weight excluding hydrogens is 292 g/mol. The molecule has 3 aromatic rings. The molecule has 0 aliphatic heterocycles. The van der Waals surface area contributed by atoms with Gasteiger partial charge >= 0.3 is 0 Å². The van der Waals surface area contributed by atoms with Crippen molar-refractivity contribution in [2.45, 2.75) is 13.3 Å². The molecule has 0 aliphatic carbocycles. The van der Waals surface area contributed by atoms with Crippen LogP contribution < -0.4 is 0 Å². The fourth-order valence-electron chi connectivity index (χ4n) is 2.89. The Hall–Kier alpha value is -2.93. The van der Waals surface area contributed by atoms with Crippen molar-refractivity contribution in [3.05, 3.63) is 113 Å². The minimum absolute atomic E-state index is 0.111. The largest absolute Gasteiger partial charge is 0.295 e. The fourth-order valence-corrected chi connectivity index (χ4v) is 2.89. The number of carbonyl (C=O) groups is 1. The van der Waals surface area contributed by atoms with E-state index in [1.54, 1.807) is 6.92 Å². The Morgan fingerprint density at radius 1 is 0.750 bits per heavy atom. The zero-order valence-electron chi connectivity index (χ0n) is 13.8. The van der Waals surface area contributed by atoms with Crippen LogP contribution in [-0.2, 0) is 6.42 Å². The van der Waals surface area contributed by atoms with Crippen LogP contribution in [-0.4, -0.2) is 5.78 Å². The van der Waals surface area contributed by atoms with Gasteiger partial charge in [0.1, 0.15) is 0 Å². The number of allylic oxidation sites excluding steroid dienone is 1. The number of hydrogen-bond acceptors (Lipinski definition) is 1. The molecule has 0 atom stereocenters. The van der Waals surface area contributed by atoms with E-state index >= 15 is 0 Å². The van der Waals surface area contributed by atoms with E-state index in [0.717, 1.165) is 17.5 Å². The molecule has 118 valence electrons. The summed E-state index contributed by atoms with van der Waals surface area (Å²) in [5.41, 5.74) is 5.42. The molecule has 0 heterocycles. The highest BCUT2D eigenvalue weighted by Gasteiger charge is 2.07. The summed E-state index contributed by atoms with van der Waals surface area (Å²) in [5, 5.41) is 0. The lowest BCUT2D eigenvalue weighted by Gasteiger charge is -2.10. The van der Waals surface area contributed by atoms with Crippen molar-refractivity contribution in [2.75, 3.05) is 0 Å². The third-order valence-electron chi connectivity index (χ3n) is 4.09. The van der Waals surface area contributed by atoms with Gasteiger partial charge in [0.25, 0.3) is 0 Å². The van der Waals surface area contributed by atoms with Gasteiger partial charge in [0, 0.05) is 5.56 Å². The summed E-state index contributed by atoms with van der Waals surface area (Å²) in [6.45, 7) is 1.62. The maximum Gasteiger partial charge on any atom is 0.160 e. The molecule has 3 rings (SSSR count). The number of rotatable bonds is 5. The lowest BCUT2D eigenvalue weighted by Crippen LogP contribution is -1.99. The summed E-state index contributed by atoms with van der Waals surface area (Å²) in [5.74, 6) is 0.111. The van der Waals surface area contributed by atoms with Crippen molar-refractivity contribution in [3.63, 3.8) is 0 Å². The molecule has 0 fully saturated rings. The Kier molecular flexibility index (Phi) is 5.02. The van der Waals surface area contributed by atoms with Gasteiger partial charge in [-0.25, -0.2) is 0 Å². The second kappa shape index (κ2) is 7.56. The molecule has 3 aromatic carbocycles. The van der Waals surface area contributed by atoms with Crippen LogP contribution >= 0.6 is 0 Å². The zero-order valence-corrected chi connectivity index (χ0v) is 13.8. The van der Waals surface area contributed by atoms with Crippen LogP contribution in [0.5, 0.6) is 0 Å². The van der Waals surface area contributed by atoms with E-state index in [4.69, 9.17) is 0 Å². The van der Waals surface area contributed by atoms with Gasteiger partial charge in [-0.2, -0.15) is 0 Å². The average molecular weight is 312 g/mol. The van der Waals surface area contributed by atoms with E-state index in [9.17, 15) is 4.79 Å². The van der Waals surface area contributed by atoms with Crippen molar-refractivity contribution in [2.24, 2.45) is 0 Å². The number of ketones is 1. The standard InChI is InChI=1S/C23H20O/c1-18(24)22-15-9-8-14-21(22)16-17-23(19-10-4-2-5-11-19)20-12-6-3-7-13-20/h2-15,17H,16H2,1H3. The molecule has 0 saturated carbocycles. The zero-order chi connectivity index (χ0) is 16.8. The number of benzene rings is 3. The van der Waals surface area contributed by atoms with Crippen LogP contribution in [0, 0.1) is 0 Å². The van der Waals surface area contributed by atoms with E-state index < -0.39 is 0 Å². The van der Waals surface area contributed by atoms with E-state index in [-0.39, 0.29) is 5.78 Å². The Labute approximate surface area is 143 Å². The first kappa shape index (κ1) is 15.9. The molecule has 0 radical (unpaired) electrons. The van der Waals surface area contributed by atoms with E-state index in [2.05, 4.69) is 54.6 Å². The Bertz CT molecular complexity index is 804. The molecule has 1 nitrogen and oxygen atoms in total. The lowest BCUT2D eigenvalue weighted by molar-refractivity contribution is 0.101. The topological polar surface area (TPSA) is 17.1 Å². The van der Waals surface area contributed by atoms with E-state index in [1.165, 1.54) is 16.7 Å². The number of Topliss-reactive ketones (excluding diaryl/α,β-unsaturated/α-hetero) is 1. The maximum atomic E-state index is 11.8. The van der Waals surface area contributed by atoms with Gasteiger partial charge in [-0.3, -0.25) is 4.79 Å². The van der Waals surface area contributed by atoms with E-state index in [0.29, 0.717) is 0 Å². The van der Waals surface area contributed by atoms with E-state index in [1.807, 2.05) is 36.4 Å². The number of carbonyl (C=O) groups excluding carboxylic acids is 1. The fraction of sp³-hybridized carbons (Fsp3) is 0.0870. The molecule has 0 aromatic heterocycles.